The van der Waals surface area contributed by atoms with Crippen molar-refractivity contribution in [2.24, 2.45) is 4.99 Å². The van der Waals surface area contributed by atoms with E-state index in [9.17, 15) is 5.11 Å². The minimum absolute atomic E-state index is 0.741. The van der Waals surface area contributed by atoms with Crippen LogP contribution >= 0.6 is 11.8 Å². The highest BCUT2D eigenvalue weighted by molar-refractivity contribution is 8.14. The maximum Gasteiger partial charge on any atom is 0.157 e. The predicted molar refractivity (Wildman–Crippen MR) is 63.9 cm³/mol. The minimum Gasteiger partial charge on any atom is -0.369 e. The number of nitrogens with zero attached hydrogens (tertiary/aromatic N) is 1. The van der Waals surface area contributed by atoms with Crippen LogP contribution in [0.3, 0.4) is 0 Å². The Labute approximate surface area is 91.2 Å². The van der Waals surface area contributed by atoms with E-state index in [1.54, 1.807) is 0 Å². The summed E-state index contributed by atoms with van der Waals surface area (Å²) in [7, 11) is 0. The van der Waals surface area contributed by atoms with Gasteiger partial charge in [-0.2, -0.15) is 0 Å². The monoisotopic (exact) mass is 215 g/mol. The molecule has 1 heterocycles. The zero-order chi connectivity index (χ0) is 10.4. The predicted octanol–water partition coefficient (Wildman–Crippen LogP) is 3.20. The van der Waals surface area contributed by atoms with Gasteiger partial charge in [0.15, 0.2) is 5.72 Å². The Kier molecular flexibility index (Phi) is 4.96. The minimum atomic E-state index is -0.743. The van der Waals surface area contributed by atoms with E-state index >= 15 is 0 Å². The number of hydrogen-bond acceptors (Lipinski definition) is 3. The zero-order valence-corrected chi connectivity index (χ0v) is 10.1. The molecule has 1 atom stereocenters. The van der Waals surface area contributed by atoms with Gasteiger partial charge in [-0.15, -0.1) is 11.8 Å². The first kappa shape index (κ1) is 12.1. The molecule has 0 fully saturated rings. The summed E-state index contributed by atoms with van der Waals surface area (Å²) in [5.74, 6) is 1.02. The molecule has 0 aliphatic carbocycles. The van der Waals surface area contributed by atoms with Gasteiger partial charge in [0.1, 0.15) is 0 Å². The van der Waals surface area contributed by atoms with Crippen LogP contribution in [0.25, 0.3) is 0 Å². The van der Waals surface area contributed by atoms with Crippen molar-refractivity contribution in [3.8, 4) is 0 Å². The van der Waals surface area contributed by atoms with Gasteiger partial charge in [-0.25, -0.2) is 4.99 Å². The Morgan fingerprint density at radius 1 is 1.43 bits per heavy atom. The van der Waals surface area contributed by atoms with E-state index in [0.29, 0.717) is 0 Å². The Bertz CT molecular complexity index is 205. The van der Waals surface area contributed by atoms with E-state index in [1.165, 1.54) is 19.3 Å². The molecule has 0 aromatic carbocycles. The van der Waals surface area contributed by atoms with Crippen LogP contribution in [-0.2, 0) is 0 Å². The number of hydrogen-bond donors (Lipinski definition) is 1. The van der Waals surface area contributed by atoms with Crippen LogP contribution in [0.4, 0.5) is 0 Å². The smallest absolute Gasteiger partial charge is 0.157 e. The van der Waals surface area contributed by atoms with Crippen LogP contribution in [-0.4, -0.2) is 21.6 Å². The second-order valence-corrected chi connectivity index (χ2v) is 5.07. The fourth-order valence-electron chi connectivity index (χ4n) is 1.56. The van der Waals surface area contributed by atoms with Crippen LogP contribution in [0.15, 0.2) is 4.99 Å². The highest BCUT2D eigenvalue weighted by Gasteiger charge is 2.27. The Morgan fingerprint density at radius 3 is 2.86 bits per heavy atom. The quantitative estimate of drug-likeness (QED) is 0.714. The summed E-state index contributed by atoms with van der Waals surface area (Å²) in [4.78, 5) is 4.44. The van der Waals surface area contributed by atoms with Crippen molar-refractivity contribution in [1.29, 1.82) is 0 Å². The molecule has 0 amide bonds. The number of aliphatic imine (C=N–C) groups is 1. The van der Waals surface area contributed by atoms with Gasteiger partial charge in [-0.05, 0) is 19.3 Å². The van der Waals surface area contributed by atoms with Crippen molar-refractivity contribution in [3.63, 3.8) is 0 Å². The van der Waals surface area contributed by atoms with Gasteiger partial charge in [0, 0.05) is 12.2 Å². The first-order chi connectivity index (χ1) is 6.70. The lowest BCUT2D eigenvalue weighted by Gasteiger charge is -2.27. The van der Waals surface area contributed by atoms with Gasteiger partial charge < -0.3 is 5.11 Å². The molecule has 82 valence electrons. The molecule has 0 spiro atoms. The van der Waals surface area contributed by atoms with E-state index in [2.05, 4.69) is 11.9 Å². The van der Waals surface area contributed by atoms with Crippen molar-refractivity contribution < 1.29 is 5.11 Å². The van der Waals surface area contributed by atoms with Crippen molar-refractivity contribution in [2.75, 3.05) is 5.75 Å². The van der Waals surface area contributed by atoms with Gasteiger partial charge in [0.25, 0.3) is 0 Å². The van der Waals surface area contributed by atoms with E-state index in [1.807, 2.05) is 18.7 Å². The van der Waals surface area contributed by atoms with E-state index in [4.69, 9.17) is 0 Å². The summed E-state index contributed by atoms with van der Waals surface area (Å²) in [6, 6.07) is 0. The van der Waals surface area contributed by atoms with Crippen LogP contribution in [0.1, 0.15) is 52.4 Å². The summed E-state index contributed by atoms with van der Waals surface area (Å²) >= 11 is 1.82. The molecule has 1 aliphatic heterocycles. The van der Waals surface area contributed by atoms with Crippen LogP contribution < -0.4 is 0 Å². The van der Waals surface area contributed by atoms with Gasteiger partial charge >= 0.3 is 0 Å². The molecule has 2 nitrogen and oxygen atoms in total. The summed E-state index contributed by atoms with van der Waals surface area (Å²) in [5.41, 5.74) is -0.743. The third-order valence-electron chi connectivity index (χ3n) is 2.66. The molecule has 14 heavy (non-hydrogen) atoms. The number of aliphatic hydroxyl groups is 1. The molecule has 0 saturated heterocycles. The molecule has 1 unspecified atom stereocenters. The van der Waals surface area contributed by atoms with Crippen molar-refractivity contribution >= 4 is 16.8 Å². The van der Waals surface area contributed by atoms with Crippen LogP contribution in [0.5, 0.6) is 0 Å². The Hall–Kier alpha value is -0.0200. The number of unbranched alkanes of at least 4 members (excludes halogenated alkanes) is 2. The van der Waals surface area contributed by atoms with Gasteiger partial charge in [-0.1, -0.05) is 26.7 Å². The summed E-state index contributed by atoms with van der Waals surface area (Å²) in [5, 5.41) is 11.2. The lowest BCUT2D eigenvalue weighted by Crippen LogP contribution is -2.30. The highest BCUT2D eigenvalue weighted by atomic mass is 32.2. The maximum absolute atomic E-state index is 10.0. The normalized spacial score (nSPS) is 27.5. The second kappa shape index (κ2) is 5.76. The highest BCUT2D eigenvalue weighted by Crippen LogP contribution is 2.29. The average molecular weight is 215 g/mol. The van der Waals surface area contributed by atoms with Gasteiger partial charge in [0.05, 0.1) is 5.04 Å². The van der Waals surface area contributed by atoms with E-state index in [-0.39, 0.29) is 0 Å². The SMILES string of the molecule is CCCCCC1=NC(O)(CC)CCS1. The first-order valence-corrected chi connectivity index (χ1v) is 6.62. The first-order valence-electron chi connectivity index (χ1n) is 5.64. The maximum atomic E-state index is 10.0. The van der Waals surface area contributed by atoms with E-state index in [0.717, 1.165) is 30.1 Å². The van der Waals surface area contributed by atoms with Crippen molar-refractivity contribution in [2.45, 2.75) is 58.1 Å². The molecule has 0 radical (unpaired) electrons. The molecule has 0 bridgehead atoms. The molecule has 1 N–H and O–H groups in total. The van der Waals surface area contributed by atoms with Crippen LogP contribution in [0, 0.1) is 0 Å². The third kappa shape index (κ3) is 3.62. The molecule has 0 aromatic rings. The molecule has 3 heteroatoms. The fourth-order valence-corrected chi connectivity index (χ4v) is 2.75. The van der Waals surface area contributed by atoms with Gasteiger partial charge in [-0.3, -0.25) is 0 Å². The van der Waals surface area contributed by atoms with Crippen molar-refractivity contribution in [3.05, 3.63) is 0 Å². The Balaban J connectivity index is 2.43. The second-order valence-electron chi connectivity index (χ2n) is 3.90. The van der Waals surface area contributed by atoms with Crippen molar-refractivity contribution in [1.82, 2.24) is 0 Å². The lowest BCUT2D eigenvalue weighted by atomic mass is 10.1. The Morgan fingerprint density at radius 2 is 2.21 bits per heavy atom. The molecular weight excluding hydrogens is 194 g/mol. The lowest BCUT2D eigenvalue weighted by molar-refractivity contribution is 0.0422. The molecule has 0 saturated carbocycles. The third-order valence-corrected chi connectivity index (χ3v) is 3.70. The largest absolute Gasteiger partial charge is 0.369 e. The van der Waals surface area contributed by atoms with Gasteiger partial charge in [0.2, 0.25) is 0 Å². The molecule has 1 rings (SSSR count). The average Bonchev–Trinajstić information content (AvgIpc) is 2.19. The molecule has 1 aliphatic rings. The standard InChI is InChI=1S/C11H21NOS/c1-3-5-6-7-10-12-11(13,4-2)8-9-14-10/h13H,3-9H2,1-2H3. The fraction of sp³-hybridized carbons (Fsp3) is 0.909. The molecular formula is C11H21NOS. The van der Waals surface area contributed by atoms with E-state index < -0.39 is 5.72 Å². The summed E-state index contributed by atoms with van der Waals surface area (Å²) in [6.45, 7) is 4.21. The summed E-state index contributed by atoms with van der Waals surface area (Å²) in [6.07, 6.45) is 6.33. The number of thioether (sulfide) groups is 1. The number of rotatable bonds is 5. The zero-order valence-electron chi connectivity index (χ0n) is 9.25. The topological polar surface area (TPSA) is 32.6 Å². The summed E-state index contributed by atoms with van der Waals surface area (Å²) < 4.78 is 0. The molecule has 0 aromatic heterocycles. The van der Waals surface area contributed by atoms with Crippen LogP contribution in [0.2, 0.25) is 0 Å².